The van der Waals surface area contributed by atoms with Crippen molar-refractivity contribution in [1.82, 2.24) is 0 Å². The SMILES string of the molecule is c1ccc2c(c1)CCC(CCc1ccccc1C1CC1)N2. The highest BCUT2D eigenvalue weighted by Crippen LogP contribution is 2.42. The quantitative estimate of drug-likeness (QED) is 0.836. The summed E-state index contributed by atoms with van der Waals surface area (Å²) in [6.45, 7) is 0. The number of anilines is 1. The van der Waals surface area contributed by atoms with Gasteiger partial charge in [0.1, 0.15) is 0 Å². The summed E-state index contributed by atoms with van der Waals surface area (Å²) in [6.07, 6.45) is 7.74. The van der Waals surface area contributed by atoms with Crippen molar-refractivity contribution in [2.45, 2.75) is 50.5 Å². The number of nitrogens with one attached hydrogen (secondary N) is 1. The van der Waals surface area contributed by atoms with Crippen LogP contribution in [0.1, 0.15) is 48.3 Å². The van der Waals surface area contributed by atoms with Crippen LogP contribution in [0.3, 0.4) is 0 Å². The molecule has 1 aliphatic carbocycles. The summed E-state index contributed by atoms with van der Waals surface area (Å²) in [6, 6.07) is 18.5. The Kier molecular flexibility index (Phi) is 3.42. The molecule has 2 aliphatic rings. The van der Waals surface area contributed by atoms with Crippen LogP contribution >= 0.6 is 0 Å². The number of fused-ring (bicyclic) bond motifs is 1. The summed E-state index contributed by atoms with van der Waals surface area (Å²) in [5, 5.41) is 3.73. The summed E-state index contributed by atoms with van der Waals surface area (Å²) in [5.41, 5.74) is 6.03. The molecule has 2 aromatic carbocycles. The number of benzene rings is 2. The van der Waals surface area contributed by atoms with E-state index in [1.807, 2.05) is 0 Å². The summed E-state index contributed by atoms with van der Waals surface area (Å²) in [4.78, 5) is 0. The molecule has 108 valence electrons. The van der Waals surface area contributed by atoms with Gasteiger partial charge in [-0.25, -0.2) is 0 Å². The van der Waals surface area contributed by atoms with Crippen LogP contribution in [0.5, 0.6) is 0 Å². The minimum atomic E-state index is 0.632. The third-order valence-electron chi connectivity index (χ3n) is 4.97. The molecule has 1 nitrogen and oxygen atoms in total. The molecule has 1 unspecified atom stereocenters. The minimum Gasteiger partial charge on any atom is -0.382 e. The molecule has 1 heterocycles. The Morgan fingerprint density at radius 1 is 0.905 bits per heavy atom. The number of hydrogen-bond acceptors (Lipinski definition) is 1. The standard InChI is InChI=1S/C20H23N/c1-3-7-19(16-9-10-16)15(5-1)11-13-18-14-12-17-6-2-4-8-20(17)21-18/h1-8,16,18,21H,9-14H2. The topological polar surface area (TPSA) is 12.0 Å². The molecule has 4 rings (SSSR count). The Morgan fingerprint density at radius 3 is 2.62 bits per heavy atom. The van der Waals surface area contributed by atoms with Crippen LogP contribution in [0.25, 0.3) is 0 Å². The monoisotopic (exact) mass is 277 g/mol. The minimum absolute atomic E-state index is 0.632. The van der Waals surface area contributed by atoms with Gasteiger partial charge in [0.2, 0.25) is 0 Å². The molecular formula is C20H23N. The molecule has 0 aromatic heterocycles. The molecule has 1 aliphatic heterocycles. The van der Waals surface area contributed by atoms with Crippen LogP contribution in [0, 0.1) is 0 Å². The molecule has 0 saturated heterocycles. The zero-order valence-electron chi connectivity index (χ0n) is 12.5. The van der Waals surface area contributed by atoms with Gasteiger partial charge in [-0.05, 0) is 67.2 Å². The van der Waals surface area contributed by atoms with Crippen molar-refractivity contribution < 1.29 is 0 Å². The second kappa shape index (κ2) is 5.55. The van der Waals surface area contributed by atoms with Gasteiger partial charge in [-0.2, -0.15) is 0 Å². The van der Waals surface area contributed by atoms with Crippen LogP contribution < -0.4 is 5.32 Å². The summed E-state index contributed by atoms with van der Waals surface area (Å²) >= 11 is 0. The van der Waals surface area contributed by atoms with Gasteiger partial charge in [0.25, 0.3) is 0 Å². The lowest BCUT2D eigenvalue weighted by molar-refractivity contribution is 0.585. The highest BCUT2D eigenvalue weighted by atomic mass is 14.9. The van der Waals surface area contributed by atoms with Crippen molar-refractivity contribution in [3.63, 3.8) is 0 Å². The van der Waals surface area contributed by atoms with E-state index in [1.54, 1.807) is 11.1 Å². The van der Waals surface area contributed by atoms with Gasteiger partial charge in [0.15, 0.2) is 0 Å². The fourth-order valence-corrected chi connectivity index (χ4v) is 3.60. The van der Waals surface area contributed by atoms with E-state index in [0.29, 0.717) is 6.04 Å². The molecule has 1 N–H and O–H groups in total. The third-order valence-corrected chi connectivity index (χ3v) is 4.97. The van der Waals surface area contributed by atoms with E-state index in [-0.39, 0.29) is 0 Å². The van der Waals surface area contributed by atoms with Gasteiger partial charge in [-0.1, -0.05) is 42.5 Å². The van der Waals surface area contributed by atoms with Crippen LogP contribution in [0.4, 0.5) is 5.69 Å². The summed E-state index contributed by atoms with van der Waals surface area (Å²) in [5.74, 6) is 0.862. The lowest BCUT2D eigenvalue weighted by Gasteiger charge is -2.27. The lowest BCUT2D eigenvalue weighted by atomic mass is 9.92. The maximum Gasteiger partial charge on any atom is 0.0374 e. The van der Waals surface area contributed by atoms with E-state index in [4.69, 9.17) is 0 Å². The molecule has 0 amide bonds. The van der Waals surface area contributed by atoms with Gasteiger partial charge in [-0.15, -0.1) is 0 Å². The Morgan fingerprint density at radius 2 is 1.71 bits per heavy atom. The van der Waals surface area contributed by atoms with Crippen LogP contribution in [0.15, 0.2) is 48.5 Å². The molecular weight excluding hydrogens is 254 g/mol. The maximum atomic E-state index is 3.73. The normalized spacial score (nSPS) is 20.7. The average Bonchev–Trinajstić information content (AvgIpc) is 3.38. The van der Waals surface area contributed by atoms with Crippen molar-refractivity contribution in [3.8, 4) is 0 Å². The van der Waals surface area contributed by atoms with Gasteiger partial charge in [0.05, 0.1) is 0 Å². The molecule has 0 bridgehead atoms. The third kappa shape index (κ3) is 2.83. The smallest absolute Gasteiger partial charge is 0.0374 e. The van der Waals surface area contributed by atoms with Crippen LogP contribution in [-0.4, -0.2) is 6.04 Å². The first-order valence-electron chi connectivity index (χ1n) is 8.32. The fraction of sp³-hybridized carbons (Fsp3) is 0.400. The summed E-state index contributed by atoms with van der Waals surface area (Å²) < 4.78 is 0. The van der Waals surface area contributed by atoms with Crippen molar-refractivity contribution in [2.24, 2.45) is 0 Å². The number of aryl methyl sites for hydroxylation is 2. The Balaban J connectivity index is 1.42. The first kappa shape index (κ1) is 12.9. The predicted molar refractivity (Wildman–Crippen MR) is 88.9 cm³/mol. The van der Waals surface area contributed by atoms with Crippen LogP contribution in [-0.2, 0) is 12.8 Å². The number of para-hydroxylation sites is 1. The van der Waals surface area contributed by atoms with Gasteiger partial charge in [-0.3, -0.25) is 0 Å². The molecule has 1 saturated carbocycles. The highest BCUT2D eigenvalue weighted by molar-refractivity contribution is 5.53. The average molecular weight is 277 g/mol. The molecule has 1 heteroatoms. The van der Waals surface area contributed by atoms with E-state index in [1.165, 1.54) is 49.8 Å². The van der Waals surface area contributed by atoms with E-state index in [2.05, 4.69) is 53.8 Å². The highest BCUT2D eigenvalue weighted by Gasteiger charge is 2.26. The van der Waals surface area contributed by atoms with Gasteiger partial charge < -0.3 is 5.32 Å². The van der Waals surface area contributed by atoms with Crippen molar-refractivity contribution >= 4 is 5.69 Å². The van der Waals surface area contributed by atoms with Crippen LogP contribution in [0.2, 0.25) is 0 Å². The molecule has 1 atom stereocenters. The first-order valence-corrected chi connectivity index (χ1v) is 8.32. The Labute approximate surface area is 127 Å². The largest absolute Gasteiger partial charge is 0.382 e. The Hall–Kier alpha value is -1.76. The van der Waals surface area contributed by atoms with E-state index in [0.717, 1.165) is 5.92 Å². The van der Waals surface area contributed by atoms with Gasteiger partial charge in [0, 0.05) is 11.7 Å². The van der Waals surface area contributed by atoms with Crippen molar-refractivity contribution in [3.05, 3.63) is 65.2 Å². The lowest BCUT2D eigenvalue weighted by Crippen LogP contribution is -2.26. The van der Waals surface area contributed by atoms with Crippen molar-refractivity contribution in [2.75, 3.05) is 5.32 Å². The number of hydrogen-bond donors (Lipinski definition) is 1. The van der Waals surface area contributed by atoms with Crippen molar-refractivity contribution in [1.29, 1.82) is 0 Å². The first-order chi connectivity index (χ1) is 10.4. The zero-order valence-corrected chi connectivity index (χ0v) is 12.5. The maximum absolute atomic E-state index is 3.73. The molecule has 21 heavy (non-hydrogen) atoms. The second-order valence-electron chi connectivity index (χ2n) is 6.55. The van der Waals surface area contributed by atoms with E-state index in [9.17, 15) is 0 Å². The molecule has 0 spiro atoms. The molecule has 1 fully saturated rings. The van der Waals surface area contributed by atoms with E-state index < -0.39 is 0 Å². The predicted octanol–water partition coefficient (Wildman–Crippen LogP) is 4.92. The fourth-order valence-electron chi connectivity index (χ4n) is 3.60. The summed E-state index contributed by atoms with van der Waals surface area (Å²) in [7, 11) is 0. The van der Waals surface area contributed by atoms with Gasteiger partial charge >= 0.3 is 0 Å². The molecule has 2 aromatic rings. The zero-order chi connectivity index (χ0) is 14.1. The molecule has 0 radical (unpaired) electrons. The van der Waals surface area contributed by atoms with E-state index >= 15 is 0 Å². The second-order valence-corrected chi connectivity index (χ2v) is 6.55. The number of rotatable bonds is 4. The Bertz CT molecular complexity index is 627.